The zero-order valence-corrected chi connectivity index (χ0v) is 14.0. The molecule has 0 saturated heterocycles. The van der Waals surface area contributed by atoms with Crippen molar-refractivity contribution in [2.24, 2.45) is 0 Å². The Labute approximate surface area is 128 Å². The number of hydrogen-bond donors (Lipinski definition) is 1. The molecule has 1 saturated carbocycles. The van der Waals surface area contributed by atoms with Crippen LogP contribution in [0.5, 0.6) is 0 Å². The van der Waals surface area contributed by atoms with Gasteiger partial charge in [0, 0.05) is 12.1 Å². The zero-order valence-electron chi connectivity index (χ0n) is 13.2. The van der Waals surface area contributed by atoms with Crippen molar-refractivity contribution >= 4 is 15.5 Å². The second-order valence-electron chi connectivity index (χ2n) is 6.08. The Morgan fingerprint density at radius 2 is 1.81 bits per heavy atom. The molecule has 1 fully saturated rings. The van der Waals surface area contributed by atoms with Crippen LogP contribution in [0.1, 0.15) is 32.6 Å². The summed E-state index contributed by atoms with van der Waals surface area (Å²) in [6.45, 7) is 2.47. The van der Waals surface area contributed by atoms with E-state index < -0.39 is 9.84 Å². The van der Waals surface area contributed by atoms with Crippen molar-refractivity contribution in [1.82, 2.24) is 4.90 Å². The van der Waals surface area contributed by atoms with E-state index in [0.29, 0.717) is 4.90 Å². The smallest absolute Gasteiger partial charge is 0.180 e. The maximum Gasteiger partial charge on any atom is 0.180 e. The number of rotatable bonds is 6. The Morgan fingerprint density at radius 1 is 1.19 bits per heavy atom. The van der Waals surface area contributed by atoms with Crippen LogP contribution in [0.3, 0.4) is 0 Å². The lowest BCUT2D eigenvalue weighted by Gasteiger charge is -2.37. The van der Waals surface area contributed by atoms with Crippen LogP contribution < -0.4 is 5.32 Å². The predicted octanol–water partition coefficient (Wildman–Crippen LogP) is 2.77. The van der Waals surface area contributed by atoms with Gasteiger partial charge in [0.05, 0.1) is 16.3 Å². The number of hydrogen-bond acceptors (Lipinski definition) is 4. The fourth-order valence-corrected chi connectivity index (χ4v) is 4.19. The van der Waals surface area contributed by atoms with E-state index in [-0.39, 0.29) is 11.3 Å². The van der Waals surface area contributed by atoms with E-state index in [9.17, 15) is 8.42 Å². The molecule has 0 amide bonds. The van der Waals surface area contributed by atoms with Gasteiger partial charge in [-0.15, -0.1) is 0 Å². The topological polar surface area (TPSA) is 49.4 Å². The fourth-order valence-electron chi connectivity index (χ4n) is 3.11. The van der Waals surface area contributed by atoms with Crippen LogP contribution in [-0.4, -0.2) is 45.2 Å². The first-order valence-electron chi connectivity index (χ1n) is 7.64. The van der Waals surface area contributed by atoms with E-state index >= 15 is 0 Å². The quantitative estimate of drug-likeness (QED) is 0.878. The summed E-state index contributed by atoms with van der Waals surface area (Å²) in [5.74, 6) is 0.129. The second kappa shape index (κ2) is 6.36. The van der Waals surface area contributed by atoms with Crippen LogP contribution >= 0.6 is 0 Å². The Kier molecular flexibility index (Phi) is 4.94. The van der Waals surface area contributed by atoms with Crippen molar-refractivity contribution in [3.05, 3.63) is 24.3 Å². The number of para-hydroxylation sites is 1. The second-order valence-corrected chi connectivity index (χ2v) is 8.33. The Hall–Kier alpha value is -1.07. The van der Waals surface area contributed by atoms with E-state index in [0.717, 1.165) is 25.1 Å². The average molecular weight is 310 g/mol. The molecule has 1 aliphatic rings. The normalized spacial score (nSPS) is 18.1. The first kappa shape index (κ1) is 16.3. The van der Waals surface area contributed by atoms with Gasteiger partial charge in [0.1, 0.15) is 0 Å². The maximum absolute atomic E-state index is 12.2. The van der Waals surface area contributed by atoms with Crippen molar-refractivity contribution in [2.45, 2.75) is 43.0 Å². The SMILES string of the molecule is CCS(=O)(=O)c1ccccc1NCC1(N(C)C)CCCC1. The summed E-state index contributed by atoms with van der Waals surface area (Å²) >= 11 is 0. The third-order valence-electron chi connectivity index (χ3n) is 4.69. The maximum atomic E-state index is 12.2. The summed E-state index contributed by atoms with van der Waals surface area (Å²) in [6, 6.07) is 7.22. The first-order chi connectivity index (χ1) is 9.91. The van der Waals surface area contributed by atoms with Gasteiger partial charge >= 0.3 is 0 Å². The standard InChI is InChI=1S/C16H26N2O2S/c1-4-21(19,20)15-10-6-5-9-14(15)17-13-16(18(2)3)11-7-8-12-16/h5-6,9-10,17H,4,7-8,11-13H2,1-3H3. The molecule has 1 aromatic rings. The van der Waals surface area contributed by atoms with Crippen molar-refractivity contribution in [3.8, 4) is 0 Å². The lowest BCUT2D eigenvalue weighted by Crippen LogP contribution is -2.47. The Balaban J connectivity index is 2.21. The van der Waals surface area contributed by atoms with Crippen molar-refractivity contribution in [3.63, 3.8) is 0 Å². The van der Waals surface area contributed by atoms with E-state index in [1.807, 2.05) is 12.1 Å². The molecule has 0 atom stereocenters. The predicted molar refractivity (Wildman–Crippen MR) is 87.5 cm³/mol. The largest absolute Gasteiger partial charge is 0.382 e. The Bertz CT molecular complexity index is 576. The van der Waals surface area contributed by atoms with E-state index in [4.69, 9.17) is 0 Å². The lowest BCUT2D eigenvalue weighted by atomic mass is 9.96. The van der Waals surface area contributed by atoms with Crippen LogP contribution in [-0.2, 0) is 9.84 Å². The molecular weight excluding hydrogens is 284 g/mol. The number of sulfone groups is 1. The fraction of sp³-hybridized carbons (Fsp3) is 0.625. The molecule has 1 aliphatic carbocycles. The van der Waals surface area contributed by atoms with Gasteiger partial charge in [0.15, 0.2) is 9.84 Å². The summed E-state index contributed by atoms with van der Waals surface area (Å²) < 4.78 is 24.4. The number of nitrogens with one attached hydrogen (secondary N) is 1. The van der Waals surface area contributed by atoms with Gasteiger partial charge in [0.2, 0.25) is 0 Å². The van der Waals surface area contributed by atoms with Crippen LogP contribution in [0, 0.1) is 0 Å². The van der Waals surface area contributed by atoms with Crippen LogP contribution in [0.2, 0.25) is 0 Å². The first-order valence-corrected chi connectivity index (χ1v) is 9.30. The highest BCUT2D eigenvalue weighted by Gasteiger charge is 2.35. The molecule has 118 valence electrons. The number of benzene rings is 1. The number of anilines is 1. The third-order valence-corrected chi connectivity index (χ3v) is 6.48. The van der Waals surface area contributed by atoms with E-state index in [1.165, 1.54) is 12.8 Å². The minimum Gasteiger partial charge on any atom is -0.382 e. The Morgan fingerprint density at radius 3 is 2.38 bits per heavy atom. The van der Waals surface area contributed by atoms with Crippen LogP contribution in [0.25, 0.3) is 0 Å². The molecule has 4 nitrogen and oxygen atoms in total. The molecule has 0 radical (unpaired) electrons. The van der Waals surface area contributed by atoms with Gasteiger partial charge in [0.25, 0.3) is 0 Å². The number of nitrogens with zero attached hydrogens (tertiary/aromatic N) is 1. The molecule has 0 bridgehead atoms. The molecular formula is C16H26N2O2S. The van der Waals surface area contributed by atoms with Crippen LogP contribution in [0.15, 0.2) is 29.2 Å². The summed E-state index contributed by atoms with van der Waals surface area (Å²) in [4.78, 5) is 2.70. The average Bonchev–Trinajstić information content (AvgIpc) is 2.95. The molecule has 1 aromatic carbocycles. The van der Waals surface area contributed by atoms with Gasteiger partial charge in [-0.2, -0.15) is 0 Å². The van der Waals surface area contributed by atoms with Gasteiger partial charge in [-0.3, -0.25) is 0 Å². The van der Waals surface area contributed by atoms with Crippen molar-refractivity contribution in [1.29, 1.82) is 0 Å². The summed E-state index contributed by atoms with van der Waals surface area (Å²) in [7, 11) is 1.03. The molecule has 0 spiro atoms. The van der Waals surface area contributed by atoms with Gasteiger partial charge in [-0.1, -0.05) is 31.9 Å². The van der Waals surface area contributed by atoms with E-state index in [1.54, 1.807) is 19.1 Å². The molecule has 0 aliphatic heterocycles. The highest BCUT2D eigenvalue weighted by molar-refractivity contribution is 7.91. The molecule has 21 heavy (non-hydrogen) atoms. The highest BCUT2D eigenvalue weighted by Crippen LogP contribution is 2.34. The zero-order chi connectivity index (χ0) is 15.5. The molecule has 1 N–H and O–H groups in total. The molecule has 0 heterocycles. The summed E-state index contributed by atoms with van der Waals surface area (Å²) in [5.41, 5.74) is 0.871. The molecule has 0 aromatic heterocycles. The third kappa shape index (κ3) is 3.40. The number of likely N-dealkylation sites (N-methyl/N-ethyl adjacent to an activating group) is 1. The summed E-state index contributed by atoms with van der Waals surface area (Å²) in [6.07, 6.45) is 4.81. The van der Waals surface area contributed by atoms with Gasteiger partial charge in [-0.25, -0.2) is 8.42 Å². The summed E-state index contributed by atoms with van der Waals surface area (Å²) in [5, 5.41) is 3.40. The van der Waals surface area contributed by atoms with Gasteiger partial charge in [-0.05, 0) is 39.1 Å². The molecule has 2 rings (SSSR count). The lowest BCUT2D eigenvalue weighted by molar-refractivity contribution is 0.172. The minimum atomic E-state index is -3.19. The highest BCUT2D eigenvalue weighted by atomic mass is 32.2. The van der Waals surface area contributed by atoms with E-state index in [2.05, 4.69) is 24.3 Å². The van der Waals surface area contributed by atoms with Gasteiger partial charge < -0.3 is 10.2 Å². The van der Waals surface area contributed by atoms with Crippen molar-refractivity contribution in [2.75, 3.05) is 31.7 Å². The van der Waals surface area contributed by atoms with Crippen LogP contribution in [0.4, 0.5) is 5.69 Å². The molecule has 0 unspecified atom stereocenters. The molecule has 5 heteroatoms. The monoisotopic (exact) mass is 310 g/mol. The minimum absolute atomic E-state index is 0.129. The van der Waals surface area contributed by atoms with Crippen molar-refractivity contribution < 1.29 is 8.42 Å².